The molecule has 1 aromatic heterocycles. The van der Waals surface area contributed by atoms with Crippen molar-refractivity contribution in [2.75, 3.05) is 5.32 Å². The monoisotopic (exact) mass is 319 g/mol. The van der Waals surface area contributed by atoms with Crippen molar-refractivity contribution in [1.29, 1.82) is 0 Å². The number of halogens is 5. The molecule has 1 fully saturated rings. The highest BCUT2D eigenvalue weighted by Gasteiger charge is 2.35. The van der Waals surface area contributed by atoms with Gasteiger partial charge in [0.05, 0.1) is 6.04 Å². The van der Waals surface area contributed by atoms with Crippen molar-refractivity contribution in [3.8, 4) is 0 Å². The molecule has 1 atom stereocenters. The maximum Gasteiger partial charge on any atom is 0.200 e. The van der Waals surface area contributed by atoms with E-state index in [0.717, 1.165) is 17.7 Å². The Bertz CT molecular complexity index is 637. The fourth-order valence-electron chi connectivity index (χ4n) is 2.21. The van der Waals surface area contributed by atoms with Gasteiger partial charge in [0.1, 0.15) is 5.69 Å². The van der Waals surface area contributed by atoms with Crippen LogP contribution < -0.4 is 5.32 Å². The van der Waals surface area contributed by atoms with Crippen molar-refractivity contribution in [3.05, 3.63) is 51.5 Å². The van der Waals surface area contributed by atoms with Gasteiger partial charge >= 0.3 is 0 Å². The van der Waals surface area contributed by atoms with E-state index in [2.05, 4.69) is 5.32 Å². The minimum Gasteiger partial charge on any atom is -0.372 e. The van der Waals surface area contributed by atoms with Crippen LogP contribution in [-0.2, 0) is 0 Å². The Balaban J connectivity index is 2.01. The minimum atomic E-state index is -2.14. The van der Waals surface area contributed by atoms with Gasteiger partial charge in [-0.25, -0.2) is 22.0 Å². The van der Waals surface area contributed by atoms with Gasteiger partial charge in [0, 0.05) is 4.88 Å². The van der Waals surface area contributed by atoms with Gasteiger partial charge in [-0.05, 0) is 30.2 Å². The molecule has 0 aliphatic heterocycles. The predicted octanol–water partition coefficient (Wildman–Crippen LogP) is 5.01. The summed E-state index contributed by atoms with van der Waals surface area (Å²) in [6.45, 7) is 0. The zero-order chi connectivity index (χ0) is 15.1. The first-order chi connectivity index (χ1) is 10.0. The molecule has 1 aromatic carbocycles. The van der Waals surface area contributed by atoms with Crippen LogP contribution in [0.4, 0.5) is 27.6 Å². The average Bonchev–Trinajstić information content (AvgIpc) is 3.17. The summed E-state index contributed by atoms with van der Waals surface area (Å²) in [5.41, 5.74) is -0.961. The van der Waals surface area contributed by atoms with Crippen LogP contribution in [0.2, 0.25) is 0 Å². The fraction of sp³-hybridized carbons (Fsp3) is 0.286. The van der Waals surface area contributed by atoms with E-state index in [9.17, 15) is 22.0 Å². The lowest BCUT2D eigenvalue weighted by Crippen LogP contribution is -2.16. The average molecular weight is 319 g/mol. The van der Waals surface area contributed by atoms with Gasteiger partial charge in [0.2, 0.25) is 5.82 Å². The third-order valence-corrected chi connectivity index (χ3v) is 4.41. The summed E-state index contributed by atoms with van der Waals surface area (Å²) in [5, 5.41) is 4.30. The van der Waals surface area contributed by atoms with Crippen LogP contribution in [0.3, 0.4) is 0 Å². The van der Waals surface area contributed by atoms with E-state index in [1.807, 2.05) is 0 Å². The SMILES string of the molecule is Fc1c(F)c(F)c(NC(c2cccs2)C2CC2)c(F)c1F. The fourth-order valence-corrected chi connectivity index (χ4v) is 3.08. The Morgan fingerprint density at radius 2 is 1.52 bits per heavy atom. The quantitative estimate of drug-likeness (QED) is 0.475. The van der Waals surface area contributed by atoms with Gasteiger partial charge in [-0.3, -0.25) is 0 Å². The first-order valence-corrected chi connectivity index (χ1v) is 7.20. The van der Waals surface area contributed by atoms with Crippen LogP contribution in [0.1, 0.15) is 23.8 Å². The van der Waals surface area contributed by atoms with Crippen LogP contribution in [0.25, 0.3) is 0 Å². The molecule has 2 aromatic rings. The third kappa shape index (κ3) is 2.50. The Labute approximate surface area is 121 Å². The summed E-state index contributed by atoms with van der Waals surface area (Å²) in [4.78, 5) is 0.807. The molecular weight excluding hydrogens is 309 g/mol. The highest BCUT2D eigenvalue weighted by Crippen LogP contribution is 2.45. The number of nitrogens with one attached hydrogen (secondary N) is 1. The Kier molecular flexibility index (Phi) is 3.61. The Morgan fingerprint density at radius 1 is 0.952 bits per heavy atom. The third-order valence-electron chi connectivity index (χ3n) is 3.45. The molecule has 1 heterocycles. The van der Waals surface area contributed by atoms with Crippen molar-refractivity contribution in [2.45, 2.75) is 18.9 Å². The highest BCUT2D eigenvalue weighted by atomic mass is 32.1. The van der Waals surface area contributed by atoms with E-state index in [4.69, 9.17) is 0 Å². The smallest absolute Gasteiger partial charge is 0.200 e. The Morgan fingerprint density at radius 3 is 2.00 bits per heavy atom. The van der Waals surface area contributed by atoms with Gasteiger partial charge in [0.15, 0.2) is 23.3 Å². The molecule has 1 N–H and O–H groups in total. The predicted molar refractivity (Wildman–Crippen MR) is 69.6 cm³/mol. The van der Waals surface area contributed by atoms with Crippen LogP contribution in [0.5, 0.6) is 0 Å². The summed E-state index contributed by atoms with van der Waals surface area (Å²) in [6, 6.07) is 3.10. The number of rotatable bonds is 4. The number of thiophene rings is 1. The van der Waals surface area contributed by atoms with E-state index in [-0.39, 0.29) is 5.92 Å². The van der Waals surface area contributed by atoms with Crippen molar-refractivity contribution in [1.82, 2.24) is 0 Å². The largest absolute Gasteiger partial charge is 0.372 e. The molecule has 112 valence electrons. The zero-order valence-corrected chi connectivity index (χ0v) is 11.4. The standard InChI is InChI=1S/C14H10F5NS/c15-8-9(16)11(18)14(12(19)10(8)17)20-13(6-3-4-6)7-2-1-5-21-7/h1-2,5-6,13,20H,3-4H2. The van der Waals surface area contributed by atoms with E-state index in [1.165, 1.54) is 11.3 Å². The van der Waals surface area contributed by atoms with Crippen molar-refractivity contribution >= 4 is 17.0 Å². The topological polar surface area (TPSA) is 12.0 Å². The number of hydrogen-bond acceptors (Lipinski definition) is 2. The van der Waals surface area contributed by atoms with Crippen molar-refractivity contribution in [3.63, 3.8) is 0 Å². The molecule has 0 spiro atoms. The minimum absolute atomic E-state index is 0.138. The Hall–Kier alpha value is -1.63. The first kappa shape index (κ1) is 14.3. The zero-order valence-electron chi connectivity index (χ0n) is 10.6. The lowest BCUT2D eigenvalue weighted by atomic mass is 10.1. The van der Waals surface area contributed by atoms with Gasteiger partial charge < -0.3 is 5.32 Å². The molecule has 21 heavy (non-hydrogen) atoms. The van der Waals surface area contributed by atoms with Crippen LogP contribution in [-0.4, -0.2) is 0 Å². The molecule has 1 aliphatic carbocycles. The number of hydrogen-bond donors (Lipinski definition) is 1. The molecule has 1 aliphatic rings. The van der Waals surface area contributed by atoms with E-state index < -0.39 is 40.8 Å². The van der Waals surface area contributed by atoms with E-state index in [0.29, 0.717) is 0 Å². The summed E-state index contributed by atoms with van der Waals surface area (Å²) >= 11 is 1.37. The van der Waals surface area contributed by atoms with Gasteiger partial charge in [0.25, 0.3) is 0 Å². The summed E-state index contributed by atoms with van der Waals surface area (Å²) in [7, 11) is 0. The summed E-state index contributed by atoms with van der Waals surface area (Å²) < 4.78 is 66.9. The molecule has 0 saturated heterocycles. The van der Waals surface area contributed by atoms with Crippen LogP contribution in [0.15, 0.2) is 17.5 Å². The normalized spacial score (nSPS) is 16.0. The molecule has 1 saturated carbocycles. The maximum absolute atomic E-state index is 13.7. The van der Waals surface area contributed by atoms with Crippen LogP contribution in [0, 0.1) is 35.0 Å². The molecule has 0 bridgehead atoms. The molecule has 7 heteroatoms. The summed E-state index contributed by atoms with van der Waals surface area (Å²) in [5.74, 6) is -9.52. The molecule has 1 nitrogen and oxygen atoms in total. The van der Waals surface area contributed by atoms with Crippen molar-refractivity contribution < 1.29 is 22.0 Å². The second-order valence-corrected chi connectivity index (χ2v) is 5.90. The van der Waals surface area contributed by atoms with E-state index >= 15 is 0 Å². The summed E-state index contributed by atoms with van der Waals surface area (Å²) in [6.07, 6.45) is 1.70. The van der Waals surface area contributed by atoms with Gasteiger partial charge in [-0.2, -0.15) is 0 Å². The van der Waals surface area contributed by atoms with Gasteiger partial charge in [-0.1, -0.05) is 6.07 Å². The number of anilines is 1. The molecule has 0 radical (unpaired) electrons. The molecule has 0 amide bonds. The molecule has 1 unspecified atom stereocenters. The van der Waals surface area contributed by atoms with Crippen molar-refractivity contribution in [2.24, 2.45) is 5.92 Å². The highest BCUT2D eigenvalue weighted by molar-refractivity contribution is 7.10. The molecule has 3 rings (SSSR count). The maximum atomic E-state index is 13.7. The molecular formula is C14H10F5NS. The lowest BCUT2D eigenvalue weighted by Gasteiger charge is -2.19. The van der Waals surface area contributed by atoms with Gasteiger partial charge in [-0.15, -0.1) is 11.3 Å². The number of benzene rings is 1. The second kappa shape index (κ2) is 5.29. The first-order valence-electron chi connectivity index (χ1n) is 6.32. The van der Waals surface area contributed by atoms with Crippen LogP contribution >= 0.6 is 11.3 Å². The van der Waals surface area contributed by atoms with E-state index in [1.54, 1.807) is 17.5 Å². The lowest BCUT2D eigenvalue weighted by molar-refractivity contribution is 0.380. The second-order valence-electron chi connectivity index (χ2n) is 4.92.